The van der Waals surface area contributed by atoms with E-state index in [1.807, 2.05) is 13.0 Å². The van der Waals surface area contributed by atoms with Crippen LogP contribution < -0.4 is 4.74 Å². The van der Waals surface area contributed by atoms with Crippen LogP contribution in [0.2, 0.25) is 0 Å². The van der Waals surface area contributed by atoms with Gasteiger partial charge < -0.3 is 4.74 Å². The Balaban J connectivity index is 2.16. The molecular weight excluding hydrogens is 208 g/mol. The highest BCUT2D eigenvalue weighted by Gasteiger charge is 2.26. The maximum atomic E-state index is 6.30. The summed E-state index contributed by atoms with van der Waals surface area (Å²) < 4.78 is 5.50. The van der Waals surface area contributed by atoms with Crippen molar-refractivity contribution in [1.29, 1.82) is 0 Å². The van der Waals surface area contributed by atoms with Crippen molar-refractivity contribution in [2.45, 2.75) is 37.5 Å². The van der Waals surface area contributed by atoms with E-state index in [4.69, 9.17) is 16.3 Å². The molecule has 0 heterocycles. The van der Waals surface area contributed by atoms with Crippen molar-refractivity contribution >= 4 is 11.6 Å². The van der Waals surface area contributed by atoms with E-state index in [0.717, 1.165) is 18.8 Å². The Morgan fingerprint density at radius 3 is 2.93 bits per heavy atom. The van der Waals surface area contributed by atoms with Crippen LogP contribution in [-0.4, -0.2) is 12.0 Å². The summed E-state index contributed by atoms with van der Waals surface area (Å²) >= 11 is 6.30. The molecule has 0 bridgehead atoms. The molecule has 1 aliphatic rings. The lowest BCUT2D eigenvalue weighted by molar-refractivity contribution is 0.339. The topological polar surface area (TPSA) is 9.23 Å². The van der Waals surface area contributed by atoms with Crippen LogP contribution in [0.15, 0.2) is 24.3 Å². The first-order valence-electron chi connectivity index (χ1n) is 5.68. The van der Waals surface area contributed by atoms with E-state index in [-0.39, 0.29) is 0 Å². The third-order valence-corrected chi connectivity index (χ3v) is 3.55. The molecule has 0 amide bonds. The number of alkyl halides is 1. The summed E-state index contributed by atoms with van der Waals surface area (Å²) in [5, 5.41) is 0.307. The molecule has 1 nitrogen and oxygen atoms in total. The van der Waals surface area contributed by atoms with Gasteiger partial charge in [-0.2, -0.15) is 0 Å². The molecule has 0 aliphatic heterocycles. The third-order valence-electron chi connectivity index (χ3n) is 3.03. The number of ether oxygens (including phenoxy) is 1. The minimum atomic E-state index is 0.307. The molecule has 82 valence electrons. The zero-order chi connectivity index (χ0) is 10.7. The summed E-state index contributed by atoms with van der Waals surface area (Å²) in [6.07, 6.45) is 3.60. The standard InChI is InChI=1S/C13H17ClO/c1-2-15-11-6-3-5-10(9-11)12-7-4-8-13(12)14/h3,5-6,9,12-13H,2,4,7-8H2,1H3. The van der Waals surface area contributed by atoms with Crippen LogP contribution in [0, 0.1) is 0 Å². The van der Waals surface area contributed by atoms with Gasteiger partial charge in [0.05, 0.1) is 6.61 Å². The second-order valence-electron chi connectivity index (χ2n) is 4.06. The van der Waals surface area contributed by atoms with Gasteiger partial charge in [-0.25, -0.2) is 0 Å². The monoisotopic (exact) mass is 224 g/mol. The largest absolute Gasteiger partial charge is 0.494 e. The van der Waals surface area contributed by atoms with Gasteiger partial charge in [-0.05, 0) is 37.5 Å². The fourth-order valence-corrected chi connectivity index (χ4v) is 2.72. The molecule has 1 aliphatic carbocycles. The van der Waals surface area contributed by atoms with Gasteiger partial charge in [-0.1, -0.05) is 18.6 Å². The predicted octanol–water partition coefficient (Wildman–Crippen LogP) is 3.96. The van der Waals surface area contributed by atoms with Crippen LogP contribution in [0.25, 0.3) is 0 Å². The maximum absolute atomic E-state index is 6.30. The molecule has 2 rings (SSSR count). The first-order valence-corrected chi connectivity index (χ1v) is 6.11. The number of rotatable bonds is 3. The summed E-state index contributed by atoms with van der Waals surface area (Å²) in [7, 11) is 0. The van der Waals surface area contributed by atoms with Crippen molar-refractivity contribution in [3.63, 3.8) is 0 Å². The van der Waals surface area contributed by atoms with Crippen molar-refractivity contribution in [2.75, 3.05) is 6.61 Å². The number of hydrogen-bond acceptors (Lipinski definition) is 1. The van der Waals surface area contributed by atoms with Crippen LogP contribution in [0.5, 0.6) is 5.75 Å². The Hall–Kier alpha value is -0.690. The zero-order valence-corrected chi connectivity index (χ0v) is 9.83. The van der Waals surface area contributed by atoms with E-state index < -0.39 is 0 Å². The molecule has 0 saturated heterocycles. The lowest BCUT2D eigenvalue weighted by atomic mass is 9.97. The minimum absolute atomic E-state index is 0.307. The average Bonchev–Trinajstić information content (AvgIpc) is 2.65. The molecule has 1 fully saturated rings. The molecule has 15 heavy (non-hydrogen) atoms. The second kappa shape index (κ2) is 4.89. The molecule has 1 aromatic rings. The summed E-state index contributed by atoms with van der Waals surface area (Å²) in [6, 6.07) is 8.36. The first kappa shape index (κ1) is 10.8. The first-order chi connectivity index (χ1) is 7.31. The van der Waals surface area contributed by atoms with E-state index in [2.05, 4.69) is 18.2 Å². The molecule has 1 saturated carbocycles. The molecule has 1 aromatic carbocycles. The third kappa shape index (κ3) is 2.46. The molecule has 2 heteroatoms. The van der Waals surface area contributed by atoms with Gasteiger partial charge in [-0.15, -0.1) is 11.6 Å². The van der Waals surface area contributed by atoms with E-state index in [0.29, 0.717) is 11.3 Å². The maximum Gasteiger partial charge on any atom is 0.119 e. The van der Waals surface area contributed by atoms with Crippen molar-refractivity contribution < 1.29 is 4.74 Å². The summed E-state index contributed by atoms with van der Waals surface area (Å²) in [5.74, 6) is 1.48. The van der Waals surface area contributed by atoms with Crippen LogP contribution in [0.3, 0.4) is 0 Å². The van der Waals surface area contributed by atoms with Gasteiger partial charge in [0.1, 0.15) is 5.75 Å². The van der Waals surface area contributed by atoms with E-state index in [1.54, 1.807) is 0 Å². The van der Waals surface area contributed by atoms with Crippen LogP contribution in [-0.2, 0) is 0 Å². The lowest BCUT2D eigenvalue weighted by Crippen LogP contribution is -2.05. The van der Waals surface area contributed by atoms with Gasteiger partial charge >= 0.3 is 0 Å². The van der Waals surface area contributed by atoms with Crippen molar-refractivity contribution in [1.82, 2.24) is 0 Å². The van der Waals surface area contributed by atoms with Crippen molar-refractivity contribution in [2.24, 2.45) is 0 Å². The summed E-state index contributed by atoms with van der Waals surface area (Å²) in [5.41, 5.74) is 1.33. The summed E-state index contributed by atoms with van der Waals surface area (Å²) in [4.78, 5) is 0. The Labute approximate surface area is 96.4 Å². The van der Waals surface area contributed by atoms with E-state index >= 15 is 0 Å². The highest BCUT2D eigenvalue weighted by atomic mass is 35.5. The van der Waals surface area contributed by atoms with Crippen LogP contribution >= 0.6 is 11.6 Å². The SMILES string of the molecule is CCOc1cccc(C2CCCC2Cl)c1. The van der Waals surface area contributed by atoms with Crippen molar-refractivity contribution in [3.8, 4) is 5.75 Å². The van der Waals surface area contributed by atoms with Gasteiger partial charge in [0.15, 0.2) is 0 Å². The highest BCUT2D eigenvalue weighted by molar-refractivity contribution is 6.21. The van der Waals surface area contributed by atoms with Gasteiger partial charge in [0.2, 0.25) is 0 Å². The minimum Gasteiger partial charge on any atom is -0.494 e. The Morgan fingerprint density at radius 2 is 2.27 bits per heavy atom. The fraction of sp³-hybridized carbons (Fsp3) is 0.538. The van der Waals surface area contributed by atoms with E-state index in [1.165, 1.54) is 18.4 Å². The second-order valence-corrected chi connectivity index (χ2v) is 4.62. The number of hydrogen-bond donors (Lipinski definition) is 0. The van der Waals surface area contributed by atoms with Gasteiger partial charge in [0.25, 0.3) is 0 Å². The molecule has 2 atom stereocenters. The van der Waals surface area contributed by atoms with Gasteiger partial charge in [-0.3, -0.25) is 0 Å². The fourth-order valence-electron chi connectivity index (χ4n) is 2.29. The predicted molar refractivity (Wildman–Crippen MR) is 63.8 cm³/mol. The normalized spacial score (nSPS) is 25.5. The molecule has 0 N–H and O–H groups in total. The Morgan fingerprint density at radius 1 is 1.40 bits per heavy atom. The Bertz CT molecular complexity index is 324. The highest BCUT2D eigenvalue weighted by Crippen LogP contribution is 2.38. The zero-order valence-electron chi connectivity index (χ0n) is 9.08. The summed E-state index contributed by atoms with van der Waals surface area (Å²) in [6.45, 7) is 2.73. The molecule has 0 spiro atoms. The Kier molecular flexibility index (Phi) is 3.53. The number of halogens is 1. The van der Waals surface area contributed by atoms with E-state index in [9.17, 15) is 0 Å². The quantitative estimate of drug-likeness (QED) is 0.707. The van der Waals surface area contributed by atoms with Gasteiger partial charge in [0, 0.05) is 11.3 Å². The molecular formula is C13H17ClO. The smallest absolute Gasteiger partial charge is 0.119 e. The lowest BCUT2D eigenvalue weighted by Gasteiger charge is -2.15. The molecule has 2 unspecified atom stereocenters. The molecule has 0 radical (unpaired) electrons. The van der Waals surface area contributed by atoms with Crippen LogP contribution in [0.4, 0.5) is 0 Å². The van der Waals surface area contributed by atoms with Crippen molar-refractivity contribution in [3.05, 3.63) is 29.8 Å². The molecule has 0 aromatic heterocycles. The van der Waals surface area contributed by atoms with Crippen LogP contribution in [0.1, 0.15) is 37.7 Å². The average molecular weight is 225 g/mol. The number of benzene rings is 1.